The molecule has 0 radical (unpaired) electrons. The molecule has 2 N–H and O–H groups in total. The van der Waals surface area contributed by atoms with E-state index in [-0.39, 0.29) is 5.11 Å². The SMILES string of the molecule is COc1ccc(-c2csc(NC(=S)NC(=O)/C=C/c3ccc(-c4cc(Cl)cc(Cl)c4)o3)n2)cc1OC. The van der Waals surface area contributed by atoms with Gasteiger partial charge in [-0.1, -0.05) is 23.2 Å². The summed E-state index contributed by atoms with van der Waals surface area (Å²) in [7, 11) is 3.15. The summed E-state index contributed by atoms with van der Waals surface area (Å²) in [6.45, 7) is 0. The van der Waals surface area contributed by atoms with Crippen LogP contribution in [-0.4, -0.2) is 30.2 Å². The lowest BCUT2D eigenvalue weighted by atomic mass is 10.1. The number of furan rings is 1. The zero-order valence-corrected chi connectivity index (χ0v) is 22.1. The minimum absolute atomic E-state index is 0.117. The number of hydrogen-bond acceptors (Lipinski definition) is 7. The van der Waals surface area contributed by atoms with Crippen molar-refractivity contribution in [1.29, 1.82) is 0 Å². The number of rotatable bonds is 7. The highest BCUT2D eigenvalue weighted by molar-refractivity contribution is 7.80. The van der Waals surface area contributed by atoms with Gasteiger partial charge in [-0.25, -0.2) is 4.98 Å². The molecule has 7 nitrogen and oxygen atoms in total. The Morgan fingerprint density at radius 1 is 1.03 bits per heavy atom. The van der Waals surface area contributed by atoms with Crippen LogP contribution in [0.2, 0.25) is 10.0 Å². The van der Waals surface area contributed by atoms with Crippen LogP contribution in [-0.2, 0) is 4.79 Å². The van der Waals surface area contributed by atoms with Crippen molar-refractivity contribution >= 4 is 69.0 Å². The van der Waals surface area contributed by atoms with Gasteiger partial charge in [-0.05, 0) is 66.8 Å². The minimum atomic E-state index is -0.423. The van der Waals surface area contributed by atoms with Crippen molar-refractivity contribution in [3.8, 4) is 34.1 Å². The van der Waals surface area contributed by atoms with Gasteiger partial charge >= 0.3 is 0 Å². The topological polar surface area (TPSA) is 85.6 Å². The average molecular weight is 560 g/mol. The second-order valence-electron chi connectivity index (χ2n) is 7.24. The molecule has 0 fully saturated rings. The van der Waals surface area contributed by atoms with Crippen molar-refractivity contribution in [2.45, 2.75) is 0 Å². The molecule has 0 aliphatic rings. The molecule has 1 amide bonds. The van der Waals surface area contributed by atoms with Gasteiger partial charge < -0.3 is 19.2 Å². The molecule has 4 rings (SSSR count). The van der Waals surface area contributed by atoms with E-state index in [0.717, 1.165) is 16.8 Å². The number of carbonyl (C=O) groups excluding carboxylic acids is 1. The van der Waals surface area contributed by atoms with E-state index in [1.54, 1.807) is 44.6 Å². The zero-order chi connectivity index (χ0) is 25.7. The average Bonchev–Trinajstić information content (AvgIpc) is 3.51. The summed E-state index contributed by atoms with van der Waals surface area (Å²) in [5.41, 5.74) is 2.32. The number of aromatic nitrogens is 1. The van der Waals surface area contributed by atoms with E-state index in [1.807, 2.05) is 23.6 Å². The summed E-state index contributed by atoms with van der Waals surface area (Å²) in [6, 6.07) is 14.2. The van der Waals surface area contributed by atoms with E-state index >= 15 is 0 Å². The number of amides is 1. The molecule has 4 aromatic rings. The molecule has 0 bridgehead atoms. The Kier molecular flexibility index (Phi) is 8.27. The van der Waals surface area contributed by atoms with Crippen molar-refractivity contribution in [1.82, 2.24) is 10.3 Å². The third-order valence-corrected chi connectivity index (χ3v) is 6.21. The largest absolute Gasteiger partial charge is 0.493 e. The number of methoxy groups -OCH3 is 2. The predicted octanol–water partition coefficient (Wildman–Crippen LogP) is 6.92. The molecular weight excluding hydrogens is 541 g/mol. The van der Waals surface area contributed by atoms with Gasteiger partial charge in [-0.2, -0.15) is 0 Å². The number of hydrogen-bond donors (Lipinski definition) is 2. The number of nitrogens with one attached hydrogen (secondary N) is 2. The van der Waals surface area contributed by atoms with Crippen LogP contribution in [0.5, 0.6) is 11.5 Å². The number of anilines is 1. The second-order valence-corrected chi connectivity index (χ2v) is 9.38. The number of thiazole rings is 1. The van der Waals surface area contributed by atoms with Crippen LogP contribution in [0.1, 0.15) is 5.76 Å². The van der Waals surface area contributed by atoms with E-state index in [9.17, 15) is 4.79 Å². The molecule has 0 saturated carbocycles. The molecule has 2 heterocycles. The van der Waals surface area contributed by atoms with Gasteiger partial charge in [0, 0.05) is 32.6 Å². The molecule has 0 aliphatic carbocycles. The smallest absolute Gasteiger partial charge is 0.250 e. The molecule has 11 heteroatoms. The van der Waals surface area contributed by atoms with Gasteiger partial charge in [0.25, 0.3) is 0 Å². The summed E-state index contributed by atoms with van der Waals surface area (Å²) in [4.78, 5) is 16.8. The Labute approximate surface area is 226 Å². The highest BCUT2D eigenvalue weighted by atomic mass is 35.5. The molecule has 2 aromatic heterocycles. The third-order valence-electron chi connectivity index (χ3n) is 4.81. The van der Waals surface area contributed by atoms with Gasteiger partial charge in [0.05, 0.1) is 19.9 Å². The fraction of sp³-hybridized carbons (Fsp3) is 0.0800. The van der Waals surface area contributed by atoms with E-state index in [1.165, 1.54) is 23.5 Å². The lowest BCUT2D eigenvalue weighted by Crippen LogP contribution is -2.32. The van der Waals surface area contributed by atoms with E-state index in [4.69, 9.17) is 49.3 Å². The first kappa shape index (κ1) is 25.7. The number of ether oxygens (including phenoxy) is 2. The Balaban J connectivity index is 1.34. The molecule has 184 valence electrons. The number of benzene rings is 2. The fourth-order valence-corrected chi connectivity index (χ4v) is 4.70. The molecule has 2 aromatic carbocycles. The highest BCUT2D eigenvalue weighted by Crippen LogP contribution is 2.33. The van der Waals surface area contributed by atoms with Crippen LogP contribution < -0.4 is 20.1 Å². The van der Waals surface area contributed by atoms with Crippen molar-refractivity contribution in [3.05, 3.63) is 75.8 Å². The van der Waals surface area contributed by atoms with Gasteiger partial charge in [-0.15, -0.1) is 11.3 Å². The summed E-state index contributed by atoms with van der Waals surface area (Å²) in [6.07, 6.45) is 2.85. The van der Waals surface area contributed by atoms with Gasteiger partial charge in [0.1, 0.15) is 11.5 Å². The Morgan fingerprint density at radius 3 is 2.50 bits per heavy atom. The van der Waals surface area contributed by atoms with Crippen LogP contribution in [0.4, 0.5) is 5.13 Å². The monoisotopic (exact) mass is 559 g/mol. The Morgan fingerprint density at radius 2 is 1.78 bits per heavy atom. The molecule has 36 heavy (non-hydrogen) atoms. The maximum absolute atomic E-state index is 12.3. The first-order chi connectivity index (χ1) is 17.3. The molecule has 0 atom stereocenters. The van der Waals surface area contributed by atoms with Crippen molar-refractivity contribution in [2.75, 3.05) is 19.5 Å². The van der Waals surface area contributed by atoms with Crippen LogP contribution in [0, 0.1) is 0 Å². The van der Waals surface area contributed by atoms with Crippen LogP contribution in [0.25, 0.3) is 28.7 Å². The van der Waals surface area contributed by atoms with Crippen LogP contribution >= 0.6 is 46.8 Å². The van der Waals surface area contributed by atoms with Crippen LogP contribution in [0.15, 0.2) is 64.4 Å². The van der Waals surface area contributed by atoms with Gasteiger partial charge in [-0.3, -0.25) is 10.1 Å². The second kappa shape index (κ2) is 11.6. The number of nitrogens with zero attached hydrogens (tertiary/aromatic N) is 1. The van der Waals surface area contributed by atoms with E-state index < -0.39 is 5.91 Å². The highest BCUT2D eigenvalue weighted by Gasteiger charge is 2.11. The summed E-state index contributed by atoms with van der Waals surface area (Å²) in [5.74, 6) is 1.87. The molecule has 0 unspecified atom stereocenters. The normalized spacial score (nSPS) is 10.9. The number of carbonyl (C=O) groups is 1. The van der Waals surface area contributed by atoms with Crippen molar-refractivity contribution in [2.24, 2.45) is 0 Å². The number of halogens is 2. The van der Waals surface area contributed by atoms with Gasteiger partial charge in [0.2, 0.25) is 5.91 Å². The van der Waals surface area contributed by atoms with Crippen molar-refractivity contribution in [3.63, 3.8) is 0 Å². The molecule has 0 spiro atoms. The summed E-state index contributed by atoms with van der Waals surface area (Å²) in [5, 5.41) is 9.02. The summed E-state index contributed by atoms with van der Waals surface area (Å²) >= 11 is 18.7. The first-order valence-electron chi connectivity index (χ1n) is 10.4. The quantitative estimate of drug-likeness (QED) is 0.188. The third kappa shape index (κ3) is 6.44. The molecule has 0 aliphatic heterocycles. The van der Waals surface area contributed by atoms with Crippen LogP contribution in [0.3, 0.4) is 0 Å². The van der Waals surface area contributed by atoms with Crippen molar-refractivity contribution < 1.29 is 18.7 Å². The Hall–Kier alpha value is -3.37. The van der Waals surface area contributed by atoms with Gasteiger partial charge in [0.15, 0.2) is 21.7 Å². The maximum atomic E-state index is 12.3. The predicted molar refractivity (Wildman–Crippen MR) is 148 cm³/mol. The first-order valence-corrected chi connectivity index (χ1v) is 12.4. The van der Waals surface area contributed by atoms with E-state index in [0.29, 0.717) is 38.2 Å². The Bertz CT molecular complexity index is 1430. The zero-order valence-electron chi connectivity index (χ0n) is 19.0. The lowest BCUT2D eigenvalue weighted by Gasteiger charge is -2.08. The van der Waals surface area contributed by atoms with E-state index in [2.05, 4.69) is 15.6 Å². The maximum Gasteiger partial charge on any atom is 0.250 e. The summed E-state index contributed by atoms with van der Waals surface area (Å²) < 4.78 is 16.4. The fourth-order valence-electron chi connectivity index (χ4n) is 3.19. The molecular formula is C25H19Cl2N3O4S2. The minimum Gasteiger partial charge on any atom is -0.493 e. The number of thiocarbonyl (C=S) groups is 1. The lowest BCUT2D eigenvalue weighted by molar-refractivity contribution is -0.115. The standard InChI is InChI=1S/C25H19Cl2N3O4S2/c1-32-21-6-3-14(11-22(21)33-2)19-13-36-25(28-19)30-24(35)29-23(31)8-5-18-4-7-20(34-18)15-9-16(26)12-17(27)10-15/h3-13H,1-2H3,(H2,28,29,30,31,35)/b8-5+. The molecule has 0 saturated heterocycles.